The molecule has 5 rings (SSSR count). The highest BCUT2D eigenvalue weighted by atomic mass is 32.2. The maximum absolute atomic E-state index is 13.8. The van der Waals surface area contributed by atoms with E-state index in [0.717, 1.165) is 47.3 Å². The van der Waals surface area contributed by atoms with E-state index >= 15 is 0 Å². The molecule has 2 aromatic heterocycles. The standard InChI is InChI=1S/C24H27N3O4S2/c1-2-31-17-9-7-16(8-10-17)27-23(29)21-18-5-3-4-6-19(18)33-22(21)25-24(27)32-15-20(28)26-11-13-30-14-12-26/h7-10H,2-6,11-15H2,1H3. The van der Waals surface area contributed by atoms with E-state index in [1.54, 1.807) is 15.9 Å². The molecular weight excluding hydrogens is 458 g/mol. The lowest BCUT2D eigenvalue weighted by atomic mass is 9.97. The fourth-order valence-electron chi connectivity index (χ4n) is 4.40. The average molecular weight is 486 g/mol. The lowest BCUT2D eigenvalue weighted by Crippen LogP contribution is -2.41. The summed E-state index contributed by atoms with van der Waals surface area (Å²) in [6, 6.07) is 7.50. The van der Waals surface area contributed by atoms with E-state index < -0.39 is 0 Å². The molecule has 2 aliphatic rings. The van der Waals surface area contributed by atoms with E-state index in [0.29, 0.717) is 38.1 Å². The number of rotatable bonds is 6. The third kappa shape index (κ3) is 4.54. The topological polar surface area (TPSA) is 73.7 Å². The van der Waals surface area contributed by atoms with Gasteiger partial charge in [-0.25, -0.2) is 4.98 Å². The van der Waals surface area contributed by atoms with Crippen molar-refractivity contribution in [3.8, 4) is 11.4 Å². The summed E-state index contributed by atoms with van der Waals surface area (Å²) in [5.74, 6) is 1.04. The predicted octanol–water partition coefficient (Wildman–Crippen LogP) is 3.68. The summed E-state index contributed by atoms with van der Waals surface area (Å²) in [6.45, 7) is 4.87. The first-order valence-corrected chi connectivity index (χ1v) is 13.2. The number of hydrogen-bond donors (Lipinski definition) is 0. The molecule has 0 bridgehead atoms. The van der Waals surface area contributed by atoms with Crippen molar-refractivity contribution in [3.05, 3.63) is 45.1 Å². The number of ether oxygens (including phenoxy) is 2. The molecule has 1 aliphatic carbocycles. The summed E-state index contributed by atoms with van der Waals surface area (Å²) in [5.41, 5.74) is 1.85. The van der Waals surface area contributed by atoms with Gasteiger partial charge in [0.15, 0.2) is 5.16 Å². The SMILES string of the molecule is CCOc1ccc(-n2c(SCC(=O)N3CCOCC3)nc3sc4c(c3c2=O)CCCC4)cc1. The molecule has 9 heteroatoms. The Balaban J connectivity index is 1.55. The van der Waals surface area contributed by atoms with Gasteiger partial charge in [-0.2, -0.15) is 0 Å². The quantitative estimate of drug-likeness (QED) is 0.392. The zero-order valence-electron chi connectivity index (χ0n) is 18.7. The van der Waals surface area contributed by atoms with E-state index in [2.05, 4.69) is 0 Å². The molecule has 0 unspecified atom stereocenters. The monoisotopic (exact) mass is 485 g/mol. The van der Waals surface area contributed by atoms with Gasteiger partial charge in [0, 0.05) is 18.0 Å². The van der Waals surface area contributed by atoms with Gasteiger partial charge in [0.2, 0.25) is 5.91 Å². The summed E-state index contributed by atoms with van der Waals surface area (Å²) in [7, 11) is 0. The molecule has 1 amide bonds. The Labute approximate surface area is 200 Å². The molecule has 0 spiro atoms. The van der Waals surface area contributed by atoms with Crippen molar-refractivity contribution in [2.24, 2.45) is 0 Å². The predicted molar refractivity (Wildman–Crippen MR) is 131 cm³/mol. The summed E-state index contributed by atoms with van der Waals surface area (Å²) in [4.78, 5) is 35.4. The van der Waals surface area contributed by atoms with E-state index in [1.807, 2.05) is 36.1 Å². The lowest BCUT2D eigenvalue weighted by molar-refractivity contribution is -0.132. The van der Waals surface area contributed by atoms with Gasteiger partial charge in [-0.05, 0) is 62.4 Å². The Kier molecular flexibility index (Phi) is 6.71. The van der Waals surface area contributed by atoms with E-state index in [9.17, 15) is 9.59 Å². The highest BCUT2D eigenvalue weighted by Crippen LogP contribution is 2.35. The number of fused-ring (bicyclic) bond motifs is 3. The summed E-state index contributed by atoms with van der Waals surface area (Å²) >= 11 is 2.96. The van der Waals surface area contributed by atoms with Crippen molar-refractivity contribution in [1.82, 2.24) is 14.5 Å². The van der Waals surface area contributed by atoms with Gasteiger partial charge in [0.05, 0.1) is 36.6 Å². The Morgan fingerprint density at radius 2 is 1.94 bits per heavy atom. The number of aromatic nitrogens is 2. The number of amides is 1. The van der Waals surface area contributed by atoms with Gasteiger partial charge in [-0.3, -0.25) is 14.2 Å². The summed E-state index contributed by atoms with van der Waals surface area (Å²) < 4.78 is 12.6. The molecule has 1 saturated heterocycles. The fourth-order valence-corrected chi connectivity index (χ4v) is 6.62. The zero-order valence-corrected chi connectivity index (χ0v) is 20.3. The second-order valence-corrected chi connectivity index (χ2v) is 10.2. The maximum Gasteiger partial charge on any atom is 0.267 e. The highest BCUT2D eigenvalue weighted by Gasteiger charge is 2.24. The Morgan fingerprint density at radius 1 is 1.18 bits per heavy atom. The van der Waals surface area contributed by atoms with Crippen LogP contribution < -0.4 is 10.3 Å². The largest absolute Gasteiger partial charge is 0.494 e. The van der Waals surface area contributed by atoms with Crippen LogP contribution in [0.15, 0.2) is 34.2 Å². The number of aryl methyl sites for hydroxylation is 2. The van der Waals surface area contributed by atoms with Gasteiger partial charge >= 0.3 is 0 Å². The summed E-state index contributed by atoms with van der Waals surface area (Å²) in [5, 5.41) is 1.30. The van der Waals surface area contributed by atoms with Gasteiger partial charge in [0.25, 0.3) is 5.56 Å². The minimum absolute atomic E-state index is 0.0429. The smallest absolute Gasteiger partial charge is 0.267 e. The zero-order chi connectivity index (χ0) is 22.8. The Morgan fingerprint density at radius 3 is 2.70 bits per heavy atom. The summed E-state index contributed by atoms with van der Waals surface area (Å²) in [6.07, 6.45) is 4.20. The van der Waals surface area contributed by atoms with Gasteiger partial charge in [0.1, 0.15) is 10.6 Å². The molecule has 1 aromatic carbocycles. The van der Waals surface area contributed by atoms with Crippen LogP contribution in [0.25, 0.3) is 15.9 Å². The number of carbonyl (C=O) groups excluding carboxylic acids is 1. The Hall–Kier alpha value is -2.36. The molecular formula is C24H27N3O4S2. The van der Waals surface area contributed by atoms with Crippen LogP contribution >= 0.6 is 23.1 Å². The molecule has 1 fully saturated rings. The average Bonchev–Trinajstić information content (AvgIpc) is 3.23. The van der Waals surface area contributed by atoms with Crippen molar-refractivity contribution in [3.63, 3.8) is 0 Å². The van der Waals surface area contributed by atoms with Gasteiger partial charge in [-0.15, -0.1) is 11.3 Å². The number of morpholine rings is 1. The number of hydrogen-bond acceptors (Lipinski definition) is 7. The van der Waals surface area contributed by atoms with Crippen LogP contribution in [-0.4, -0.2) is 59.0 Å². The highest BCUT2D eigenvalue weighted by molar-refractivity contribution is 7.99. The van der Waals surface area contributed by atoms with E-state index in [-0.39, 0.29) is 17.2 Å². The molecule has 0 atom stereocenters. The van der Waals surface area contributed by atoms with Crippen molar-refractivity contribution >= 4 is 39.2 Å². The van der Waals surface area contributed by atoms with Crippen LogP contribution in [0, 0.1) is 0 Å². The van der Waals surface area contributed by atoms with Crippen LogP contribution in [0.2, 0.25) is 0 Å². The normalized spacial score (nSPS) is 16.1. The van der Waals surface area contributed by atoms with Crippen molar-refractivity contribution in [2.45, 2.75) is 37.8 Å². The molecule has 1 aliphatic heterocycles. The van der Waals surface area contributed by atoms with Crippen LogP contribution in [-0.2, 0) is 22.4 Å². The fraction of sp³-hybridized carbons (Fsp3) is 0.458. The number of benzene rings is 1. The molecule has 33 heavy (non-hydrogen) atoms. The van der Waals surface area contributed by atoms with Crippen LogP contribution in [0.1, 0.15) is 30.2 Å². The van der Waals surface area contributed by atoms with Crippen molar-refractivity contribution in [2.75, 3.05) is 38.7 Å². The van der Waals surface area contributed by atoms with E-state index in [1.165, 1.54) is 22.2 Å². The molecule has 0 saturated carbocycles. The minimum Gasteiger partial charge on any atom is -0.494 e. The molecule has 7 nitrogen and oxygen atoms in total. The van der Waals surface area contributed by atoms with Crippen molar-refractivity contribution < 1.29 is 14.3 Å². The van der Waals surface area contributed by atoms with Crippen LogP contribution in [0.3, 0.4) is 0 Å². The van der Waals surface area contributed by atoms with E-state index in [4.69, 9.17) is 14.5 Å². The number of nitrogens with zero attached hydrogens (tertiary/aromatic N) is 3. The molecule has 3 heterocycles. The number of carbonyl (C=O) groups is 1. The number of thioether (sulfide) groups is 1. The molecule has 0 N–H and O–H groups in total. The first-order valence-electron chi connectivity index (χ1n) is 11.4. The van der Waals surface area contributed by atoms with Gasteiger partial charge in [-0.1, -0.05) is 11.8 Å². The Bertz CT molecular complexity index is 1210. The van der Waals surface area contributed by atoms with Crippen LogP contribution in [0.4, 0.5) is 0 Å². The minimum atomic E-state index is -0.0510. The first kappa shape index (κ1) is 22.4. The molecule has 174 valence electrons. The third-order valence-corrected chi connectivity index (χ3v) is 8.16. The molecule has 0 radical (unpaired) electrons. The van der Waals surface area contributed by atoms with Gasteiger partial charge < -0.3 is 14.4 Å². The van der Waals surface area contributed by atoms with Crippen molar-refractivity contribution in [1.29, 1.82) is 0 Å². The third-order valence-electron chi connectivity index (χ3n) is 6.05. The lowest BCUT2D eigenvalue weighted by Gasteiger charge is -2.26. The van der Waals surface area contributed by atoms with Crippen LogP contribution in [0.5, 0.6) is 5.75 Å². The molecule has 3 aromatic rings. The maximum atomic E-state index is 13.8. The second kappa shape index (κ2) is 9.87. The first-order chi connectivity index (χ1) is 16.2. The second-order valence-electron chi connectivity index (χ2n) is 8.13. The number of thiophene rings is 1.